The first-order valence-electron chi connectivity index (χ1n) is 9.90. The quantitative estimate of drug-likeness (QED) is 0.284. The van der Waals surface area contributed by atoms with Gasteiger partial charge in [0.05, 0.1) is 11.0 Å². The number of hydrogen-bond donors (Lipinski definition) is 0. The Labute approximate surface area is 167 Å². The van der Waals surface area contributed by atoms with Crippen LogP contribution in [-0.2, 0) is 0 Å². The van der Waals surface area contributed by atoms with Crippen molar-refractivity contribution in [2.24, 2.45) is 5.41 Å². The highest BCUT2D eigenvalue weighted by Gasteiger charge is 2.13. The lowest BCUT2D eigenvalue weighted by Crippen LogP contribution is -1.93. The SMILES string of the molecule is CC(C)(C)C.c1ccc(-n2c3ccccc3c3ccc4ccccc4c32)cc1. The van der Waals surface area contributed by atoms with E-state index in [1.54, 1.807) is 0 Å². The van der Waals surface area contributed by atoms with Gasteiger partial charge in [0, 0.05) is 21.8 Å². The Morgan fingerprint density at radius 3 is 1.82 bits per heavy atom. The fourth-order valence-corrected chi connectivity index (χ4v) is 3.58. The maximum atomic E-state index is 2.38. The van der Waals surface area contributed by atoms with E-state index >= 15 is 0 Å². The average Bonchev–Trinajstić information content (AvgIpc) is 3.02. The fraction of sp³-hybridized carbons (Fsp3) is 0.185. The van der Waals surface area contributed by atoms with E-state index in [0.29, 0.717) is 5.41 Å². The summed E-state index contributed by atoms with van der Waals surface area (Å²) in [7, 11) is 0. The van der Waals surface area contributed by atoms with E-state index in [1.165, 1.54) is 38.3 Å². The van der Waals surface area contributed by atoms with Gasteiger partial charge in [-0.2, -0.15) is 0 Å². The summed E-state index contributed by atoms with van der Waals surface area (Å²) in [6, 6.07) is 32.4. The first-order chi connectivity index (χ1) is 13.4. The summed E-state index contributed by atoms with van der Waals surface area (Å²) in [5.74, 6) is 0. The largest absolute Gasteiger partial charge is 0.309 e. The van der Waals surface area contributed by atoms with Crippen molar-refractivity contribution in [1.29, 1.82) is 0 Å². The number of fused-ring (bicyclic) bond motifs is 5. The molecule has 4 aromatic carbocycles. The Bertz CT molecular complexity index is 1230. The molecular formula is C27H27N. The predicted molar refractivity (Wildman–Crippen MR) is 123 cm³/mol. The summed E-state index contributed by atoms with van der Waals surface area (Å²) in [6.07, 6.45) is 0. The maximum absolute atomic E-state index is 2.38. The highest BCUT2D eigenvalue weighted by molar-refractivity contribution is 6.18. The molecule has 0 spiro atoms. The van der Waals surface area contributed by atoms with E-state index < -0.39 is 0 Å². The zero-order valence-electron chi connectivity index (χ0n) is 17.1. The molecule has 28 heavy (non-hydrogen) atoms. The van der Waals surface area contributed by atoms with Gasteiger partial charge in [0.25, 0.3) is 0 Å². The summed E-state index contributed by atoms with van der Waals surface area (Å²) >= 11 is 0. The highest BCUT2D eigenvalue weighted by atomic mass is 15.0. The zero-order chi connectivity index (χ0) is 19.7. The Morgan fingerprint density at radius 2 is 1.11 bits per heavy atom. The van der Waals surface area contributed by atoms with Crippen molar-refractivity contribution in [3.63, 3.8) is 0 Å². The summed E-state index contributed by atoms with van der Waals surface area (Å²) < 4.78 is 2.38. The van der Waals surface area contributed by atoms with Crippen LogP contribution in [0.2, 0.25) is 0 Å². The van der Waals surface area contributed by atoms with Crippen LogP contribution in [0.1, 0.15) is 27.7 Å². The molecule has 0 saturated carbocycles. The third-order valence-electron chi connectivity index (χ3n) is 4.57. The molecule has 140 valence electrons. The summed E-state index contributed by atoms with van der Waals surface area (Å²) in [5.41, 5.74) is 4.25. The average molecular weight is 366 g/mol. The standard InChI is InChI=1S/C22H15N.C5H12/c1-2-9-17(10-3-1)23-21-13-7-6-12-19(21)20-15-14-16-8-4-5-11-18(16)22(20)23;1-5(2,3)4/h1-15H;1-4H3. The molecule has 5 rings (SSSR count). The lowest BCUT2D eigenvalue weighted by Gasteiger charge is -2.09. The molecule has 1 nitrogen and oxygen atoms in total. The van der Waals surface area contributed by atoms with Crippen molar-refractivity contribution in [2.75, 3.05) is 0 Å². The summed E-state index contributed by atoms with van der Waals surface area (Å²) in [5, 5.41) is 5.19. The molecule has 0 saturated heterocycles. The monoisotopic (exact) mass is 365 g/mol. The van der Waals surface area contributed by atoms with Gasteiger partial charge in [-0.15, -0.1) is 0 Å². The van der Waals surface area contributed by atoms with Crippen LogP contribution in [0.5, 0.6) is 0 Å². The number of rotatable bonds is 1. The van der Waals surface area contributed by atoms with Crippen LogP contribution in [-0.4, -0.2) is 4.57 Å². The second-order valence-electron chi connectivity index (χ2n) is 8.87. The van der Waals surface area contributed by atoms with Gasteiger partial charge < -0.3 is 4.57 Å². The smallest absolute Gasteiger partial charge is 0.0619 e. The number of para-hydroxylation sites is 2. The van der Waals surface area contributed by atoms with Gasteiger partial charge in [0.15, 0.2) is 0 Å². The van der Waals surface area contributed by atoms with Crippen LogP contribution in [0.4, 0.5) is 0 Å². The van der Waals surface area contributed by atoms with Crippen LogP contribution in [0.3, 0.4) is 0 Å². The molecule has 0 unspecified atom stereocenters. The molecule has 0 aliphatic rings. The van der Waals surface area contributed by atoms with Crippen molar-refractivity contribution < 1.29 is 0 Å². The molecule has 1 heteroatoms. The van der Waals surface area contributed by atoms with Crippen molar-refractivity contribution in [3.05, 3.63) is 91.0 Å². The second-order valence-corrected chi connectivity index (χ2v) is 8.87. The molecule has 0 N–H and O–H groups in total. The zero-order valence-corrected chi connectivity index (χ0v) is 17.1. The van der Waals surface area contributed by atoms with E-state index in [0.717, 1.165) is 0 Å². The summed E-state index contributed by atoms with van der Waals surface area (Å²) in [6.45, 7) is 8.75. The third kappa shape index (κ3) is 3.53. The molecule has 0 aliphatic heterocycles. The number of hydrogen-bond acceptors (Lipinski definition) is 0. The Balaban J connectivity index is 0.000000346. The van der Waals surface area contributed by atoms with Crippen LogP contribution >= 0.6 is 0 Å². The molecule has 0 bridgehead atoms. The van der Waals surface area contributed by atoms with Crippen LogP contribution < -0.4 is 0 Å². The lowest BCUT2D eigenvalue weighted by atomic mass is 10.0. The predicted octanol–water partition coefficient (Wildman–Crippen LogP) is 7.99. The minimum Gasteiger partial charge on any atom is -0.309 e. The number of benzene rings is 4. The van der Waals surface area contributed by atoms with Gasteiger partial charge in [-0.25, -0.2) is 0 Å². The van der Waals surface area contributed by atoms with E-state index in [2.05, 4.69) is 123 Å². The Hall–Kier alpha value is -3.06. The lowest BCUT2D eigenvalue weighted by molar-refractivity contribution is 0.469. The molecule has 0 fully saturated rings. The molecule has 5 aromatic rings. The molecular weight excluding hydrogens is 338 g/mol. The molecule has 0 amide bonds. The minimum absolute atomic E-state index is 0.500. The normalized spacial score (nSPS) is 11.6. The van der Waals surface area contributed by atoms with Crippen molar-refractivity contribution in [2.45, 2.75) is 27.7 Å². The maximum Gasteiger partial charge on any atom is 0.0619 e. The van der Waals surface area contributed by atoms with E-state index in [4.69, 9.17) is 0 Å². The van der Waals surface area contributed by atoms with Crippen molar-refractivity contribution in [3.8, 4) is 5.69 Å². The van der Waals surface area contributed by atoms with Gasteiger partial charge in [-0.1, -0.05) is 100 Å². The molecule has 1 aromatic heterocycles. The van der Waals surface area contributed by atoms with Crippen molar-refractivity contribution in [1.82, 2.24) is 4.57 Å². The van der Waals surface area contributed by atoms with Gasteiger partial charge in [-0.3, -0.25) is 0 Å². The topological polar surface area (TPSA) is 4.93 Å². The van der Waals surface area contributed by atoms with Crippen LogP contribution in [0.25, 0.3) is 38.3 Å². The number of aromatic nitrogens is 1. The van der Waals surface area contributed by atoms with Gasteiger partial charge in [0.2, 0.25) is 0 Å². The van der Waals surface area contributed by atoms with E-state index in [1.807, 2.05) is 0 Å². The molecule has 1 heterocycles. The Kier molecular flexibility index (Phi) is 4.68. The van der Waals surface area contributed by atoms with Gasteiger partial charge >= 0.3 is 0 Å². The summed E-state index contributed by atoms with van der Waals surface area (Å²) in [4.78, 5) is 0. The minimum atomic E-state index is 0.500. The fourth-order valence-electron chi connectivity index (χ4n) is 3.58. The van der Waals surface area contributed by atoms with Gasteiger partial charge in [-0.05, 0) is 29.0 Å². The van der Waals surface area contributed by atoms with Crippen LogP contribution in [0, 0.1) is 5.41 Å². The molecule has 0 atom stereocenters. The van der Waals surface area contributed by atoms with E-state index in [9.17, 15) is 0 Å². The Morgan fingerprint density at radius 1 is 0.536 bits per heavy atom. The first kappa shape index (κ1) is 18.3. The second kappa shape index (κ2) is 7.16. The molecule has 0 aliphatic carbocycles. The van der Waals surface area contributed by atoms with Crippen molar-refractivity contribution >= 4 is 32.6 Å². The molecule has 0 radical (unpaired) electrons. The van der Waals surface area contributed by atoms with Crippen LogP contribution in [0.15, 0.2) is 91.0 Å². The van der Waals surface area contributed by atoms with Gasteiger partial charge in [0.1, 0.15) is 0 Å². The van der Waals surface area contributed by atoms with E-state index in [-0.39, 0.29) is 0 Å². The third-order valence-corrected chi connectivity index (χ3v) is 4.57. The first-order valence-corrected chi connectivity index (χ1v) is 9.90. The highest BCUT2D eigenvalue weighted by Crippen LogP contribution is 2.36. The number of nitrogens with zero attached hydrogens (tertiary/aromatic N) is 1.